The number of benzene rings is 2. The number of rotatable bonds is 4. The first kappa shape index (κ1) is 19.3. The van der Waals surface area contributed by atoms with Crippen molar-refractivity contribution < 1.29 is 17.7 Å². The Hall–Kier alpha value is -2.19. The van der Waals surface area contributed by atoms with E-state index in [2.05, 4.69) is 10.5 Å². The SMILES string of the molecule is [2H]C([2H])([2H])c1c(C(=O)NN2CCC(F)(F)CC2)nn(-c2ccc(Cl)cc2Cl)c1-c1ccc(Cl)cc1. The molecule has 0 bridgehead atoms. The third kappa shape index (κ3) is 4.76. The molecule has 5 nitrogen and oxygen atoms in total. The molecule has 0 atom stereocenters. The first-order valence-electron chi connectivity index (χ1n) is 11.1. The summed E-state index contributed by atoms with van der Waals surface area (Å²) in [6.45, 7) is -2.93. The predicted molar refractivity (Wildman–Crippen MR) is 122 cm³/mol. The second kappa shape index (κ2) is 8.98. The lowest BCUT2D eigenvalue weighted by Crippen LogP contribution is -2.49. The monoisotopic (exact) mass is 501 g/mol. The first-order valence-corrected chi connectivity index (χ1v) is 10.8. The Morgan fingerprint density at radius 3 is 2.38 bits per heavy atom. The van der Waals surface area contributed by atoms with Gasteiger partial charge in [0.05, 0.1) is 16.4 Å². The van der Waals surface area contributed by atoms with Gasteiger partial charge in [0.1, 0.15) is 0 Å². The molecule has 0 radical (unpaired) electrons. The highest BCUT2D eigenvalue weighted by molar-refractivity contribution is 6.35. The van der Waals surface area contributed by atoms with Gasteiger partial charge < -0.3 is 0 Å². The minimum Gasteiger partial charge on any atom is -0.283 e. The molecule has 0 unspecified atom stereocenters. The van der Waals surface area contributed by atoms with E-state index < -0.39 is 31.5 Å². The van der Waals surface area contributed by atoms with Crippen LogP contribution in [0, 0.1) is 6.85 Å². The van der Waals surface area contributed by atoms with Gasteiger partial charge in [0.2, 0.25) is 0 Å². The average Bonchev–Trinajstić information content (AvgIpc) is 3.17. The van der Waals surface area contributed by atoms with E-state index in [9.17, 15) is 13.6 Å². The van der Waals surface area contributed by atoms with E-state index in [1.807, 2.05) is 0 Å². The van der Waals surface area contributed by atoms with E-state index in [1.54, 1.807) is 36.4 Å². The smallest absolute Gasteiger partial charge is 0.283 e. The fraction of sp³-hybridized carbons (Fsp3) is 0.273. The third-order valence-electron chi connectivity index (χ3n) is 5.11. The van der Waals surface area contributed by atoms with Crippen molar-refractivity contribution in [3.63, 3.8) is 0 Å². The minimum atomic E-state index is -2.81. The van der Waals surface area contributed by atoms with Gasteiger partial charge >= 0.3 is 0 Å². The van der Waals surface area contributed by atoms with Crippen LogP contribution in [0.1, 0.15) is 33.0 Å². The fourth-order valence-electron chi connectivity index (χ4n) is 3.42. The van der Waals surface area contributed by atoms with Crippen LogP contribution in [0.2, 0.25) is 15.1 Å². The molecule has 4 rings (SSSR count). The van der Waals surface area contributed by atoms with Crippen molar-refractivity contribution in [1.82, 2.24) is 20.2 Å². The summed E-state index contributed by atoms with van der Waals surface area (Å²) in [5, 5.41) is 6.64. The van der Waals surface area contributed by atoms with Gasteiger partial charge in [-0.15, -0.1) is 0 Å². The zero-order valence-electron chi connectivity index (χ0n) is 19.5. The molecular formula is C22H19Cl3F2N4O. The lowest BCUT2D eigenvalue weighted by Gasteiger charge is -2.31. The Morgan fingerprint density at radius 2 is 1.75 bits per heavy atom. The number of carbonyl (C=O) groups is 1. The van der Waals surface area contributed by atoms with Crippen LogP contribution in [0.25, 0.3) is 16.9 Å². The number of nitrogens with zero attached hydrogens (tertiary/aromatic N) is 3. The lowest BCUT2D eigenvalue weighted by atomic mass is 10.1. The van der Waals surface area contributed by atoms with Gasteiger partial charge in [-0.25, -0.2) is 18.5 Å². The summed E-state index contributed by atoms with van der Waals surface area (Å²) >= 11 is 18.4. The zero-order chi connectivity index (χ0) is 25.5. The van der Waals surface area contributed by atoms with E-state index >= 15 is 0 Å². The normalized spacial score (nSPS) is 18.0. The molecular weight excluding hydrogens is 481 g/mol. The van der Waals surface area contributed by atoms with E-state index in [4.69, 9.17) is 38.9 Å². The molecule has 2 heterocycles. The van der Waals surface area contributed by atoms with Crippen molar-refractivity contribution in [3.8, 4) is 16.9 Å². The standard InChI is InChI=1S/C22H19Cl3F2N4O/c1-13-19(21(32)29-30-10-8-22(26,27)9-11-30)28-31(18-7-6-16(24)12-17(18)25)20(13)14-2-4-15(23)5-3-14/h2-7,12H,8-11H2,1H3,(H,29,32)/i1D3. The highest BCUT2D eigenvalue weighted by atomic mass is 35.5. The van der Waals surface area contributed by atoms with Gasteiger partial charge in [0, 0.05) is 51.2 Å². The maximum Gasteiger partial charge on any atom is 0.286 e. The Balaban J connectivity index is 1.86. The number of hydrazine groups is 1. The van der Waals surface area contributed by atoms with Crippen LogP contribution in [0.15, 0.2) is 42.5 Å². The first-order chi connectivity index (χ1) is 16.4. The van der Waals surface area contributed by atoms with Gasteiger partial charge in [-0.05, 0) is 37.2 Å². The van der Waals surface area contributed by atoms with Crippen molar-refractivity contribution in [2.45, 2.75) is 25.6 Å². The molecule has 3 aromatic rings. The van der Waals surface area contributed by atoms with Crippen molar-refractivity contribution in [2.24, 2.45) is 0 Å². The van der Waals surface area contributed by atoms with E-state index in [1.165, 1.54) is 15.8 Å². The Morgan fingerprint density at radius 1 is 1.09 bits per heavy atom. The van der Waals surface area contributed by atoms with Crippen LogP contribution < -0.4 is 5.43 Å². The van der Waals surface area contributed by atoms with E-state index in [0.29, 0.717) is 21.3 Å². The molecule has 1 fully saturated rings. The van der Waals surface area contributed by atoms with Crippen LogP contribution in [0.3, 0.4) is 0 Å². The molecule has 1 aliphatic heterocycles. The van der Waals surface area contributed by atoms with Crippen LogP contribution in [-0.4, -0.2) is 39.7 Å². The van der Waals surface area contributed by atoms with Gasteiger partial charge in [-0.1, -0.05) is 46.9 Å². The summed E-state index contributed by atoms with van der Waals surface area (Å²) < 4.78 is 52.9. The van der Waals surface area contributed by atoms with Crippen LogP contribution >= 0.6 is 34.8 Å². The fourth-order valence-corrected chi connectivity index (χ4v) is 4.04. The number of piperidine rings is 1. The molecule has 1 saturated heterocycles. The maximum atomic E-state index is 13.5. The van der Waals surface area contributed by atoms with Gasteiger partial charge in [0.15, 0.2) is 5.69 Å². The summed E-state index contributed by atoms with van der Waals surface area (Å²) in [6, 6.07) is 10.9. The molecule has 168 valence electrons. The highest BCUT2D eigenvalue weighted by Crippen LogP contribution is 2.33. The lowest BCUT2D eigenvalue weighted by molar-refractivity contribution is -0.0631. The number of hydrogen-bond donors (Lipinski definition) is 1. The van der Waals surface area contributed by atoms with Crippen LogP contribution in [0.4, 0.5) is 8.78 Å². The van der Waals surface area contributed by atoms with Crippen LogP contribution in [0.5, 0.6) is 0 Å². The number of alkyl halides is 2. The molecule has 32 heavy (non-hydrogen) atoms. The van der Waals surface area contributed by atoms with Crippen molar-refractivity contribution in [1.29, 1.82) is 0 Å². The summed E-state index contributed by atoms with van der Waals surface area (Å²) in [7, 11) is 0. The quantitative estimate of drug-likeness (QED) is 0.463. The molecule has 0 aliphatic carbocycles. The summed E-state index contributed by atoms with van der Waals surface area (Å²) in [6.07, 6.45) is -0.853. The van der Waals surface area contributed by atoms with Crippen molar-refractivity contribution in [2.75, 3.05) is 13.1 Å². The molecule has 1 amide bonds. The van der Waals surface area contributed by atoms with Crippen molar-refractivity contribution in [3.05, 3.63) is 68.8 Å². The molecule has 10 heteroatoms. The number of amides is 1. The van der Waals surface area contributed by atoms with Gasteiger partial charge in [-0.2, -0.15) is 5.10 Å². The average molecular weight is 503 g/mol. The molecule has 0 saturated carbocycles. The van der Waals surface area contributed by atoms with Gasteiger partial charge in [-0.3, -0.25) is 10.2 Å². The summed E-state index contributed by atoms with van der Waals surface area (Å²) in [5.41, 5.74) is 2.66. The van der Waals surface area contributed by atoms with E-state index in [-0.39, 0.29) is 35.1 Å². The second-order valence-corrected chi connectivity index (χ2v) is 8.65. The molecule has 1 N–H and O–H groups in total. The molecule has 2 aromatic carbocycles. The largest absolute Gasteiger partial charge is 0.286 e. The topological polar surface area (TPSA) is 50.2 Å². The number of halogens is 5. The molecule has 1 aliphatic rings. The number of carbonyl (C=O) groups excluding carboxylic acids is 1. The predicted octanol–water partition coefficient (Wildman–Crippen LogP) is 6.18. The number of hydrogen-bond acceptors (Lipinski definition) is 3. The Labute approximate surface area is 203 Å². The van der Waals surface area contributed by atoms with E-state index in [0.717, 1.165) is 0 Å². The van der Waals surface area contributed by atoms with Crippen LogP contribution in [-0.2, 0) is 0 Å². The maximum absolute atomic E-state index is 13.5. The number of nitrogens with one attached hydrogen (secondary N) is 1. The summed E-state index contributed by atoms with van der Waals surface area (Å²) in [5.74, 6) is -3.64. The molecule has 1 aromatic heterocycles. The van der Waals surface area contributed by atoms with Crippen molar-refractivity contribution >= 4 is 40.7 Å². The minimum absolute atomic E-state index is 0.0877. The third-order valence-corrected chi connectivity index (χ3v) is 5.90. The number of aromatic nitrogens is 2. The van der Waals surface area contributed by atoms with Gasteiger partial charge in [0.25, 0.3) is 11.8 Å². The Kier molecular flexibility index (Phi) is 5.42. The highest BCUT2D eigenvalue weighted by Gasteiger charge is 2.35. The zero-order valence-corrected chi connectivity index (χ0v) is 18.8. The Bertz CT molecular complexity index is 1260. The summed E-state index contributed by atoms with van der Waals surface area (Å²) in [4.78, 5) is 13.2. The molecule has 0 spiro atoms. The second-order valence-electron chi connectivity index (χ2n) is 7.37.